The van der Waals surface area contributed by atoms with Crippen molar-refractivity contribution < 1.29 is 14.9 Å². The summed E-state index contributed by atoms with van der Waals surface area (Å²) in [6.45, 7) is 10.7. The van der Waals surface area contributed by atoms with Crippen LogP contribution in [0.3, 0.4) is 0 Å². The minimum atomic E-state index is -0.469. The number of pyridine rings is 2. The van der Waals surface area contributed by atoms with Crippen LogP contribution < -0.4 is 4.74 Å². The quantitative estimate of drug-likeness (QED) is 0.227. The standard InChI is InChI=1S/C20H26N2O2.C19H22N2O/c1-3-13-12-22-9-7-14(13)10-19(22)20(23)16-6-8-21-18-5-4-15(24-2)11-17(16)18;1-2-13-12-21-10-8-14(13)11-18(21)19(22)16-7-9-20-17-6-4-3-5-15(16)17/h4-6,8,11,13-14,19-20,23H,3,7,9-10,12H2,1-2H3;2-7,9,13-14,18-19,22H,1,8,10-12H2. The zero-order valence-electron chi connectivity index (χ0n) is 27.2. The van der Waals surface area contributed by atoms with Crippen molar-refractivity contribution in [1.29, 1.82) is 0 Å². The van der Waals surface area contributed by atoms with Gasteiger partial charge in [0.1, 0.15) is 5.75 Å². The number of rotatable bonds is 7. The topological polar surface area (TPSA) is 82.0 Å². The third-order valence-electron chi connectivity index (χ3n) is 11.6. The summed E-state index contributed by atoms with van der Waals surface area (Å²) in [6, 6.07) is 18.3. The Labute approximate surface area is 272 Å². The fraction of sp³-hybridized carbons (Fsp3) is 0.487. The second-order valence-electron chi connectivity index (χ2n) is 13.9. The summed E-state index contributed by atoms with van der Waals surface area (Å²) < 4.78 is 5.36. The molecule has 0 spiro atoms. The van der Waals surface area contributed by atoms with E-state index in [1.54, 1.807) is 13.3 Å². The molecule has 4 aromatic rings. The number of aliphatic hydroxyl groups excluding tert-OH is 2. The van der Waals surface area contributed by atoms with Crippen molar-refractivity contribution in [3.05, 3.63) is 90.8 Å². The van der Waals surface area contributed by atoms with E-state index < -0.39 is 12.2 Å². The number of methoxy groups -OCH3 is 1. The highest BCUT2D eigenvalue weighted by molar-refractivity contribution is 5.84. The number of fused-ring (bicyclic) bond motifs is 8. The third-order valence-corrected chi connectivity index (χ3v) is 11.6. The van der Waals surface area contributed by atoms with Gasteiger partial charge in [0.2, 0.25) is 0 Å². The van der Waals surface area contributed by atoms with Crippen LogP contribution in [0.5, 0.6) is 5.75 Å². The predicted molar refractivity (Wildman–Crippen MR) is 184 cm³/mol. The molecule has 2 aromatic carbocycles. The first-order valence-electron chi connectivity index (χ1n) is 17.2. The molecule has 7 nitrogen and oxygen atoms in total. The van der Waals surface area contributed by atoms with Gasteiger partial charge in [-0.3, -0.25) is 19.8 Å². The van der Waals surface area contributed by atoms with Gasteiger partial charge >= 0.3 is 0 Å². The first-order chi connectivity index (χ1) is 22.5. The van der Waals surface area contributed by atoms with Crippen LogP contribution in [0.15, 0.2) is 79.6 Å². The largest absolute Gasteiger partial charge is 0.497 e. The average molecular weight is 621 g/mol. The fourth-order valence-corrected chi connectivity index (χ4v) is 9.00. The molecular weight excluding hydrogens is 572 g/mol. The second kappa shape index (κ2) is 13.4. The van der Waals surface area contributed by atoms with E-state index in [0.717, 1.165) is 89.5 Å². The number of aromatic nitrogens is 2. The van der Waals surface area contributed by atoms with E-state index in [-0.39, 0.29) is 12.1 Å². The number of hydrogen-bond donors (Lipinski definition) is 2. The molecule has 46 heavy (non-hydrogen) atoms. The van der Waals surface area contributed by atoms with Crippen molar-refractivity contribution in [2.45, 2.75) is 63.3 Å². The molecular formula is C39H48N4O3. The molecule has 242 valence electrons. The molecule has 10 unspecified atom stereocenters. The van der Waals surface area contributed by atoms with Gasteiger partial charge in [-0.25, -0.2) is 0 Å². The van der Waals surface area contributed by atoms with Crippen molar-refractivity contribution in [3.8, 4) is 5.75 Å². The SMILES string of the molecule is C=CC1CN2CCC1CC2C(O)c1ccnc2ccccc12.CCC1CN2CCC1CC2C(O)c1ccnc2ccc(OC)cc12. The molecule has 10 rings (SSSR count). The number of aliphatic hydroxyl groups is 2. The Kier molecular flexibility index (Phi) is 9.10. The molecule has 6 fully saturated rings. The zero-order valence-corrected chi connectivity index (χ0v) is 27.2. The Bertz CT molecular complexity index is 1670. The van der Waals surface area contributed by atoms with E-state index in [2.05, 4.69) is 45.4 Å². The van der Waals surface area contributed by atoms with Crippen LogP contribution in [0.25, 0.3) is 21.8 Å². The summed E-state index contributed by atoms with van der Waals surface area (Å²) in [5.74, 6) is 3.64. The van der Waals surface area contributed by atoms with Crippen LogP contribution in [-0.2, 0) is 0 Å². The number of benzene rings is 2. The van der Waals surface area contributed by atoms with E-state index in [1.807, 2.05) is 54.7 Å². The van der Waals surface area contributed by atoms with E-state index in [1.165, 1.54) is 19.3 Å². The lowest BCUT2D eigenvalue weighted by molar-refractivity contribution is -0.0562. The van der Waals surface area contributed by atoms with E-state index in [4.69, 9.17) is 4.74 Å². The summed E-state index contributed by atoms with van der Waals surface area (Å²) in [5, 5.41) is 24.3. The Morgan fingerprint density at radius 2 is 1.48 bits per heavy atom. The molecule has 2 aromatic heterocycles. The van der Waals surface area contributed by atoms with Gasteiger partial charge < -0.3 is 14.9 Å². The third kappa shape index (κ3) is 5.83. The van der Waals surface area contributed by atoms with E-state index >= 15 is 0 Å². The van der Waals surface area contributed by atoms with Gasteiger partial charge in [0.05, 0.1) is 30.4 Å². The van der Waals surface area contributed by atoms with Crippen LogP contribution in [0.4, 0.5) is 0 Å². The molecule has 0 saturated carbocycles. The fourth-order valence-electron chi connectivity index (χ4n) is 9.00. The highest BCUT2D eigenvalue weighted by Crippen LogP contribution is 2.44. The van der Waals surface area contributed by atoms with Gasteiger partial charge in [0.25, 0.3) is 0 Å². The van der Waals surface area contributed by atoms with Gasteiger partial charge in [-0.15, -0.1) is 6.58 Å². The van der Waals surface area contributed by atoms with Gasteiger partial charge in [0, 0.05) is 48.3 Å². The predicted octanol–water partition coefficient (Wildman–Crippen LogP) is 6.56. The Morgan fingerprint density at radius 3 is 2.09 bits per heavy atom. The Morgan fingerprint density at radius 1 is 0.848 bits per heavy atom. The van der Waals surface area contributed by atoms with Crippen LogP contribution in [0.2, 0.25) is 0 Å². The summed E-state index contributed by atoms with van der Waals surface area (Å²) >= 11 is 0. The molecule has 6 aliphatic heterocycles. The van der Waals surface area contributed by atoms with Crippen molar-refractivity contribution >= 4 is 21.8 Å². The van der Waals surface area contributed by atoms with Gasteiger partial charge in [0.15, 0.2) is 0 Å². The van der Waals surface area contributed by atoms with Crippen LogP contribution in [0.1, 0.15) is 62.4 Å². The highest BCUT2D eigenvalue weighted by atomic mass is 16.5. The number of nitrogens with zero attached hydrogens (tertiary/aromatic N) is 4. The van der Waals surface area contributed by atoms with Crippen molar-refractivity contribution in [2.24, 2.45) is 23.7 Å². The Balaban J connectivity index is 0.000000147. The first-order valence-corrected chi connectivity index (χ1v) is 17.2. The summed E-state index contributed by atoms with van der Waals surface area (Å²) in [7, 11) is 1.67. The lowest BCUT2D eigenvalue weighted by Gasteiger charge is -2.51. The van der Waals surface area contributed by atoms with Crippen LogP contribution in [0, 0.1) is 23.7 Å². The number of hydrogen-bond acceptors (Lipinski definition) is 7. The smallest absolute Gasteiger partial charge is 0.119 e. The van der Waals surface area contributed by atoms with Crippen molar-refractivity contribution in [2.75, 3.05) is 33.3 Å². The summed E-state index contributed by atoms with van der Waals surface area (Å²) in [4.78, 5) is 13.8. The molecule has 2 N–H and O–H groups in total. The molecule has 0 amide bonds. The van der Waals surface area contributed by atoms with E-state index in [9.17, 15) is 10.2 Å². The molecule has 10 atom stereocenters. The molecule has 6 aliphatic rings. The normalized spacial score (nSPS) is 31.2. The number of piperidine rings is 6. The second-order valence-corrected chi connectivity index (χ2v) is 13.9. The summed E-state index contributed by atoms with van der Waals surface area (Å²) in [5.41, 5.74) is 3.86. The molecule has 0 radical (unpaired) electrons. The maximum atomic E-state index is 11.2. The maximum absolute atomic E-state index is 11.2. The zero-order chi connectivity index (χ0) is 31.8. The van der Waals surface area contributed by atoms with Gasteiger partial charge in [-0.1, -0.05) is 37.6 Å². The molecule has 6 saturated heterocycles. The number of para-hydroxylation sites is 1. The molecule has 0 aliphatic carbocycles. The monoisotopic (exact) mass is 620 g/mol. The van der Waals surface area contributed by atoms with Crippen molar-refractivity contribution in [3.63, 3.8) is 0 Å². The first kappa shape index (κ1) is 31.3. The summed E-state index contributed by atoms with van der Waals surface area (Å²) in [6.07, 6.45) is 10.7. The van der Waals surface area contributed by atoms with Gasteiger partial charge in [-0.2, -0.15) is 0 Å². The highest BCUT2D eigenvalue weighted by Gasteiger charge is 2.43. The van der Waals surface area contributed by atoms with Crippen LogP contribution >= 0.6 is 0 Å². The average Bonchev–Trinajstić information content (AvgIpc) is 3.13. The maximum Gasteiger partial charge on any atom is 0.119 e. The van der Waals surface area contributed by atoms with Gasteiger partial charge in [-0.05, 0) is 110 Å². The van der Waals surface area contributed by atoms with Crippen molar-refractivity contribution in [1.82, 2.24) is 19.8 Å². The molecule has 8 heterocycles. The molecule has 4 bridgehead atoms. The number of ether oxygens (including phenoxy) is 1. The van der Waals surface area contributed by atoms with E-state index in [0.29, 0.717) is 11.8 Å². The minimum Gasteiger partial charge on any atom is -0.497 e. The lowest BCUT2D eigenvalue weighted by atomic mass is 9.72. The lowest BCUT2D eigenvalue weighted by Crippen LogP contribution is -2.55. The molecule has 7 heteroatoms. The van der Waals surface area contributed by atoms with Crippen LogP contribution in [-0.4, -0.2) is 75.4 Å². The minimum absolute atomic E-state index is 0.223. The Hall–Kier alpha value is -3.36.